The number of aliphatic carboxylic acids is 1. The number of ketones is 1. The van der Waals surface area contributed by atoms with E-state index in [4.69, 9.17) is 10.4 Å². The summed E-state index contributed by atoms with van der Waals surface area (Å²) in [5.74, 6) is -1.25. The number of carboxylic acids is 1. The normalized spacial score (nSPS) is 12.1. The van der Waals surface area contributed by atoms with Gasteiger partial charge >= 0.3 is 5.97 Å². The number of carboxylic acid groups (broad SMARTS) is 1. The molecule has 1 unspecified atom stereocenters. The van der Waals surface area contributed by atoms with Gasteiger partial charge in [0.25, 0.3) is 0 Å². The van der Waals surface area contributed by atoms with Crippen LogP contribution in [-0.4, -0.2) is 21.7 Å². The lowest BCUT2D eigenvalue weighted by Gasteiger charge is -2.10. The number of hydrogen-bond acceptors (Lipinski definition) is 3. The van der Waals surface area contributed by atoms with Crippen LogP contribution in [0.1, 0.15) is 28.4 Å². The monoisotopic (exact) mass is 321 g/mol. The Kier molecular flexibility index (Phi) is 5.46. The van der Waals surface area contributed by atoms with Gasteiger partial charge in [-0.2, -0.15) is 5.26 Å². The predicted molar refractivity (Wildman–Crippen MR) is 75.1 cm³/mol. The number of halogens is 1. The van der Waals surface area contributed by atoms with Crippen molar-refractivity contribution < 1.29 is 14.7 Å². The standard InChI is InChI=1S/C14H12BrNO3/c1-9(15)14(19)12-4-2-3-10(7-8-16)11(12)5-6-13(17)18/h2-6,9H,7H2,1H3,(H,17,18). The Morgan fingerprint density at radius 3 is 2.74 bits per heavy atom. The van der Waals surface area contributed by atoms with Crippen LogP contribution in [-0.2, 0) is 11.2 Å². The summed E-state index contributed by atoms with van der Waals surface area (Å²) >= 11 is 3.20. The Balaban J connectivity index is 3.38. The van der Waals surface area contributed by atoms with Gasteiger partial charge in [-0.15, -0.1) is 0 Å². The maximum Gasteiger partial charge on any atom is 0.328 e. The Labute approximate surface area is 119 Å². The zero-order valence-electron chi connectivity index (χ0n) is 10.3. The molecule has 0 aromatic heterocycles. The number of alkyl halides is 1. The van der Waals surface area contributed by atoms with Crippen molar-refractivity contribution >= 4 is 33.8 Å². The molecule has 0 bridgehead atoms. The van der Waals surface area contributed by atoms with Crippen LogP contribution in [0.25, 0.3) is 6.08 Å². The van der Waals surface area contributed by atoms with Crippen molar-refractivity contribution in [2.45, 2.75) is 18.2 Å². The van der Waals surface area contributed by atoms with E-state index < -0.39 is 5.97 Å². The summed E-state index contributed by atoms with van der Waals surface area (Å²) in [6.45, 7) is 1.70. The molecular formula is C14H12BrNO3. The van der Waals surface area contributed by atoms with E-state index in [1.807, 2.05) is 6.07 Å². The average molecular weight is 322 g/mol. The second-order valence-corrected chi connectivity index (χ2v) is 5.24. The highest BCUT2D eigenvalue weighted by Crippen LogP contribution is 2.21. The smallest absolute Gasteiger partial charge is 0.328 e. The highest BCUT2D eigenvalue weighted by Gasteiger charge is 2.17. The third kappa shape index (κ3) is 4.04. The van der Waals surface area contributed by atoms with E-state index in [-0.39, 0.29) is 17.0 Å². The Hall–Kier alpha value is -1.93. The fraction of sp³-hybridized carbons (Fsp3) is 0.214. The minimum Gasteiger partial charge on any atom is -0.478 e. The molecule has 0 spiro atoms. The minimum atomic E-state index is -1.10. The third-order valence-corrected chi connectivity index (χ3v) is 2.90. The van der Waals surface area contributed by atoms with E-state index in [1.165, 1.54) is 6.08 Å². The lowest BCUT2D eigenvalue weighted by atomic mass is 9.95. The minimum absolute atomic E-state index is 0.122. The molecule has 0 saturated carbocycles. The van der Waals surface area contributed by atoms with Gasteiger partial charge in [0.15, 0.2) is 5.78 Å². The van der Waals surface area contributed by atoms with Gasteiger partial charge in [-0.05, 0) is 24.1 Å². The van der Waals surface area contributed by atoms with Crippen LogP contribution in [0.3, 0.4) is 0 Å². The molecule has 0 radical (unpaired) electrons. The Morgan fingerprint density at radius 2 is 2.21 bits per heavy atom. The molecule has 1 N–H and O–H groups in total. The van der Waals surface area contributed by atoms with Crippen molar-refractivity contribution in [2.75, 3.05) is 0 Å². The number of rotatable bonds is 5. The molecule has 19 heavy (non-hydrogen) atoms. The molecule has 1 aromatic carbocycles. The van der Waals surface area contributed by atoms with Crippen LogP contribution in [0, 0.1) is 11.3 Å². The molecule has 1 aromatic rings. The van der Waals surface area contributed by atoms with Gasteiger partial charge in [0, 0.05) is 11.6 Å². The highest BCUT2D eigenvalue weighted by atomic mass is 79.9. The molecule has 1 atom stereocenters. The van der Waals surface area contributed by atoms with E-state index in [1.54, 1.807) is 25.1 Å². The maximum atomic E-state index is 12.1. The lowest BCUT2D eigenvalue weighted by Crippen LogP contribution is -2.12. The third-order valence-electron chi connectivity index (χ3n) is 2.49. The Morgan fingerprint density at radius 1 is 1.53 bits per heavy atom. The number of Topliss-reactive ketones (excluding diaryl/α,β-unsaturated/α-hetero) is 1. The van der Waals surface area contributed by atoms with Crippen LogP contribution in [0.15, 0.2) is 24.3 Å². The number of benzene rings is 1. The number of nitriles is 1. The van der Waals surface area contributed by atoms with Gasteiger partial charge in [0.1, 0.15) is 0 Å². The quantitative estimate of drug-likeness (QED) is 0.514. The van der Waals surface area contributed by atoms with Crippen molar-refractivity contribution in [3.05, 3.63) is 41.0 Å². The average Bonchev–Trinajstić information content (AvgIpc) is 2.36. The first-order valence-corrected chi connectivity index (χ1v) is 6.47. The molecule has 0 saturated heterocycles. The molecule has 0 aliphatic carbocycles. The molecular weight excluding hydrogens is 310 g/mol. The Bertz CT molecular complexity index is 571. The first kappa shape index (κ1) is 15.1. The molecule has 98 valence electrons. The summed E-state index contributed by atoms with van der Waals surface area (Å²) in [7, 11) is 0. The van der Waals surface area contributed by atoms with E-state index in [0.717, 1.165) is 6.08 Å². The summed E-state index contributed by atoms with van der Waals surface area (Å²) in [5.41, 5.74) is 1.54. The van der Waals surface area contributed by atoms with Gasteiger partial charge in [-0.1, -0.05) is 34.1 Å². The summed E-state index contributed by atoms with van der Waals surface area (Å²) in [4.78, 5) is 22.3. The molecule has 1 rings (SSSR count). The van der Waals surface area contributed by atoms with Crippen molar-refractivity contribution in [1.82, 2.24) is 0 Å². The highest BCUT2D eigenvalue weighted by molar-refractivity contribution is 9.10. The fourth-order valence-electron chi connectivity index (χ4n) is 1.63. The summed E-state index contributed by atoms with van der Waals surface area (Å²) in [6, 6.07) is 7.03. The second-order valence-electron chi connectivity index (χ2n) is 3.87. The van der Waals surface area contributed by atoms with Gasteiger partial charge in [0.05, 0.1) is 17.3 Å². The lowest BCUT2D eigenvalue weighted by molar-refractivity contribution is -0.131. The largest absolute Gasteiger partial charge is 0.478 e. The predicted octanol–water partition coefficient (Wildman–Crippen LogP) is 2.82. The van der Waals surface area contributed by atoms with E-state index in [0.29, 0.717) is 16.7 Å². The van der Waals surface area contributed by atoms with Crippen LogP contribution >= 0.6 is 15.9 Å². The number of carbonyl (C=O) groups is 2. The van der Waals surface area contributed by atoms with Crippen molar-refractivity contribution in [1.29, 1.82) is 5.26 Å². The summed E-state index contributed by atoms with van der Waals surface area (Å²) < 4.78 is 0. The van der Waals surface area contributed by atoms with Crippen molar-refractivity contribution in [3.8, 4) is 6.07 Å². The van der Waals surface area contributed by atoms with E-state index in [2.05, 4.69) is 15.9 Å². The number of nitrogens with zero attached hydrogens (tertiary/aromatic N) is 1. The first-order chi connectivity index (χ1) is 8.97. The number of carbonyl (C=O) groups excluding carboxylic acids is 1. The first-order valence-electron chi connectivity index (χ1n) is 5.55. The van der Waals surface area contributed by atoms with Crippen molar-refractivity contribution in [2.24, 2.45) is 0 Å². The second kappa shape index (κ2) is 6.86. The summed E-state index contributed by atoms with van der Waals surface area (Å²) in [6.07, 6.45) is 2.45. The van der Waals surface area contributed by atoms with Crippen LogP contribution in [0.2, 0.25) is 0 Å². The molecule has 0 amide bonds. The van der Waals surface area contributed by atoms with Gasteiger partial charge < -0.3 is 5.11 Å². The topological polar surface area (TPSA) is 78.2 Å². The molecule has 0 aliphatic rings. The van der Waals surface area contributed by atoms with Crippen molar-refractivity contribution in [3.63, 3.8) is 0 Å². The van der Waals surface area contributed by atoms with Gasteiger partial charge in [-0.25, -0.2) is 4.79 Å². The zero-order valence-corrected chi connectivity index (χ0v) is 11.8. The SMILES string of the molecule is CC(Br)C(=O)c1cccc(CC#N)c1C=CC(=O)O. The molecule has 4 nitrogen and oxygen atoms in total. The summed E-state index contributed by atoms with van der Waals surface area (Å²) in [5, 5.41) is 17.5. The molecule has 0 aliphatic heterocycles. The molecule has 0 heterocycles. The molecule has 5 heteroatoms. The molecule has 0 fully saturated rings. The fourth-order valence-corrected chi connectivity index (χ4v) is 1.88. The van der Waals surface area contributed by atoms with E-state index in [9.17, 15) is 9.59 Å². The van der Waals surface area contributed by atoms with E-state index >= 15 is 0 Å². The zero-order chi connectivity index (χ0) is 14.4. The maximum absolute atomic E-state index is 12.1. The van der Waals surface area contributed by atoms with Crippen LogP contribution in [0.5, 0.6) is 0 Å². The van der Waals surface area contributed by atoms with Gasteiger partial charge in [-0.3, -0.25) is 4.79 Å². The van der Waals surface area contributed by atoms with Crippen LogP contribution in [0.4, 0.5) is 0 Å². The van der Waals surface area contributed by atoms with Gasteiger partial charge in [0.2, 0.25) is 0 Å². The number of hydrogen-bond donors (Lipinski definition) is 1. The van der Waals surface area contributed by atoms with Crippen LogP contribution < -0.4 is 0 Å².